The normalized spacial score (nSPS) is 36.4. The van der Waals surface area contributed by atoms with Crippen LogP contribution in [0.3, 0.4) is 0 Å². The molecule has 1 unspecified atom stereocenters. The summed E-state index contributed by atoms with van der Waals surface area (Å²) in [5.41, 5.74) is 0.102. The topological polar surface area (TPSA) is 52.6 Å². The van der Waals surface area contributed by atoms with E-state index >= 15 is 0 Å². The number of carbonyl (C=O) groups is 2. The van der Waals surface area contributed by atoms with Crippen molar-refractivity contribution in [3.8, 4) is 0 Å². The van der Waals surface area contributed by atoms with Crippen molar-refractivity contribution in [1.82, 2.24) is 0 Å². The van der Waals surface area contributed by atoms with Gasteiger partial charge in [0.05, 0.1) is 7.11 Å². The van der Waals surface area contributed by atoms with Gasteiger partial charge in [0.25, 0.3) is 0 Å². The van der Waals surface area contributed by atoms with Crippen molar-refractivity contribution in [2.75, 3.05) is 7.11 Å². The number of esters is 2. The molecule has 156 valence electrons. The maximum Gasteiger partial charge on any atom is 0.305 e. The van der Waals surface area contributed by atoms with Crippen molar-refractivity contribution in [3.63, 3.8) is 0 Å². The molecule has 2 aliphatic rings. The molecule has 27 heavy (non-hydrogen) atoms. The highest BCUT2D eigenvalue weighted by Crippen LogP contribution is 2.63. The monoisotopic (exact) mass is 380 g/mol. The SMILES string of the molecule is COC(=O)C[C@@H](C)CC[C@H]1[C@](C)(OC(C)=O)CCC2C(C)(C)CCC[C@@]21C. The summed E-state index contributed by atoms with van der Waals surface area (Å²) in [5, 5.41) is 0. The van der Waals surface area contributed by atoms with Gasteiger partial charge in [0, 0.05) is 19.3 Å². The maximum absolute atomic E-state index is 11.9. The van der Waals surface area contributed by atoms with E-state index in [1.54, 1.807) is 0 Å². The van der Waals surface area contributed by atoms with Crippen molar-refractivity contribution in [3.05, 3.63) is 0 Å². The van der Waals surface area contributed by atoms with Gasteiger partial charge >= 0.3 is 11.9 Å². The first-order valence-electron chi connectivity index (χ1n) is 10.7. The van der Waals surface area contributed by atoms with Crippen LogP contribution in [0.2, 0.25) is 0 Å². The third-order valence-corrected chi connectivity index (χ3v) is 7.81. The highest BCUT2D eigenvalue weighted by atomic mass is 16.6. The molecule has 0 bridgehead atoms. The number of carbonyl (C=O) groups excluding carboxylic acids is 2. The Labute approximate surface area is 165 Å². The average molecular weight is 381 g/mol. The van der Waals surface area contributed by atoms with Gasteiger partial charge in [-0.3, -0.25) is 9.59 Å². The summed E-state index contributed by atoms with van der Waals surface area (Å²) in [6.07, 6.45) is 8.19. The Morgan fingerprint density at radius 2 is 1.78 bits per heavy atom. The largest absolute Gasteiger partial charge is 0.469 e. The lowest BCUT2D eigenvalue weighted by molar-refractivity contribution is -0.199. The molecule has 5 atom stereocenters. The molecule has 0 aliphatic heterocycles. The van der Waals surface area contributed by atoms with Crippen LogP contribution in [0.1, 0.15) is 92.9 Å². The van der Waals surface area contributed by atoms with E-state index in [0.29, 0.717) is 23.7 Å². The van der Waals surface area contributed by atoms with Gasteiger partial charge < -0.3 is 9.47 Å². The standard InChI is InChI=1S/C23H40O4/c1-16(15-20(25)26-7)9-10-19-22(5)13-8-12-21(3,4)18(22)11-14-23(19,6)27-17(2)24/h16,18-19H,8-15H2,1-7H3/t16-,18?,19+,22-,23+/m0/s1. The van der Waals surface area contributed by atoms with E-state index in [9.17, 15) is 9.59 Å². The van der Waals surface area contributed by atoms with Crippen molar-refractivity contribution in [2.45, 2.75) is 98.5 Å². The number of methoxy groups -OCH3 is 1. The van der Waals surface area contributed by atoms with Crippen LogP contribution in [0, 0.1) is 28.6 Å². The van der Waals surface area contributed by atoms with Gasteiger partial charge in [0.2, 0.25) is 0 Å². The first kappa shape index (κ1) is 22.2. The fraction of sp³-hybridized carbons (Fsp3) is 0.913. The molecule has 0 amide bonds. The molecule has 0 saturated heterocycles. The van der Waals surface area contributed by atoms with Crippen LogP contribution in [0.25, 0.3) is 0 Å². The second-order valence-electron chi connectivity index (χ2n) is 10.4. The van der Waals surface area contributed by atoms with Crippen LogP contribution in [0.15, 0.2) is 0 Å². The van der Waals surface area contributed by atoms with Gasteiger partial charge in [-0.2, -0.15) is 0 Å². The van der Waals surface area contributed by atoms with Crippen LogP contribution in [-0.4, -0.2) is 24.6 Å². The fourth-order valence-corrected chi connectivity index (χ4v) is 6.61. The third-order valence-electron chi connectivity index (χ3n) is 7.81. The smallest absolute Gasteiger partial charge is 0.305 e. The summed E-state index contributed by atoms with van der Waals surface area (Å²) >= 11 is 0. The zero-order chi connectivity index (χ0) is 20.5. The second kappa shape index (κ2) is 8.13. The van der Waals surface area contributed by atoms with E-state index in [4.69, 9.17) is 9.47 Å². The van der Waals surface area contributed by atoms with Gasteiger partial charge in [0.15, 0.2) is 0 Å². The summed E-state index contributed by atoms with van der Waals surface area (Å²) in [4.78, 5) is 23.5. The van der Waals surface area contributed by atoms with E-state index in [2.05, 4.69) is 34.6 Å². The Morgan fingerprint density at radius 3 is 2.37 bits per heavy atom. The van der Waals surface area contributed by atoms with Crippen molar-refractivity contribution >= 4 is 11.9 Å². The van der Waals surface area contributed by atoms with Crippen LogP contribution in [0.5, 0.6) is 0 Å². The lowest BCUT2D eigenvalue weighted by Crippen LogP contribution is -2.58. The van der Waals surface area contributed by atoms with E-state index in [1.165, 1.54) is 33.3 Å². The van der Waals surface area contributed by atoms with Gasteiger partial charge in [-0.05, 0) is 68.1 Å². The molecular weight excluding hydrogens is 340 g/mol. The summed E-state index contributed by atoms with van der Waals surface area (Å²) in [6.45, 7) is 13.1. The van der Waals surface area contributed by atoms with E-state index in [-0.39, 0.29) is 23.3 Å². The van der Waals surface area contributed by atoms with Gasteiger partial charge in [0.1, 0.15) is 5.60 Å². The van der Waals surface area contributed by atoms with E-state index in [1.807, 2.05) is 0 Å². The summed E-state index contributed by atoms with van der Waals surface area (Å²) in [5.74, 6) is 0.939. The average Bonchev–Trinajstić information content (AvgIpc) is 2.52. The summed E-state index contributed by atoms with van der Waals surface area (Å²) < 4.78 is 10.8. The van der Waals surface area contributed by atoms with Gasteiger partial charge in [-0.25, -0.2) is 0 Å². The quantitative estimate of drug-likeness (QED) is 0.569. The molecule has 0 spiro atoms. The number of fused-ring (bicyclic) bond motifs is 1. The van der Waals surface area contributed by atoms with Crippen molar-refractivity contribution < 1.29 is 19.1 Å². The Hall–Kier alpha value is -1.06. The Bertz CT molecular complexity index is 555. The van der Waals surface area contributed by atoms with E-state index < -0.39 is 5.60 Å². The molecule has 2 aliphatic carbocycles. The zero-order valence-corrected chi connectivity index (χ0v) is 18.5. The molecule has 0 N–H and O–H groups in total. The lowest BCUT2D eigenvalue weighted by atomic mass is 9.45. The highest BCUT2D eigenvalue weighted by Gasteiger charge is 2.59. The number of rotatable bonds is 6. The summed E-state index contributed by atoms with van der Waals surface area (Å²) in [7, 11) is 1.45. The first-order valence-corrected chi connectivity index (χ1v) is 10.7. The number of ether oxygens (including phenoxy) is 2. The predicted molar refractivity (Wildman–Crippen MR) is 107 cm³/mol. The Balaban J connectivity index is 2.26. The zero-order valence-electron chi connectivity index (χ0n) is 18.5. The van der Waals surface area contributed by atoms with Crippen molar-refractivity contribution in [2.24, 2.45) is 28.6 Å². The summed E-state index contributed by atoms with van der Waals surface area (Å²) in [6, 6.07) is 0. The lowest BCUT2D eigenvalue weighted by Gasteiger charge is -2.62. The molecule has 0 aromatic carbocycles. The molecule has 0 aromatic rings. The molecule has 4 nitrogen and oxygen atoms in total. The number of hydrogen-bond acceptors (Lipinski definition) is 4. The molecular formula is C23H40O4. The first-order chi connectivity index (χ1) is 12.4. The molecule has 2 fully saturated rings. The molecule has 0 heterocycles. The van der Waals surface area contributed by atoms with Crippen LogP contribution in [-0.2, 0) is 19.1 Å². The maximum atomic E-state index is 11.9. The Kier molecular flexibility index (Phi) is 6.69. The van der Waals surface area contributed by atoms with Crippen LogP contribution >= 0.6 is 0 Å². The number of hydrogen-bond donors (Lipinski definition) is 0. The Morgan fingerprint density at radius 1 is 1.11 bits per heavy atom. The minimum absolute atomic E-state index is 0.142. The predicted octanol–water partition coefficient (Wildman–Crippen LogP) is 5.53. The molecule has 4 heteroatoms. The van der Waals surface area contributed by atoms with Crippen LogP contribution in [0.4, 0.5) is 0 Å². The van der Waals surface area contributed by atoms with Gasteiger partial charge in [-0.1, -0.05) is 34.1 Å². The highest BCUT2D eigenvalue weighted by molar-refractivity contribution is 5.69. The minimum Gasteiger partial charge on any atom is -0.469 e. The van der Waals surface area contributed by atoms with Crippen molar-refractivity contribution in [1.29, 1.82) is 0 Å². The fourth-order valence-electron chi connectivity index (χ4n) is 6.61. The van der Waals surface area contributed by atoms with Gasteiger partial charge in [-0.15, -0.1) is 0 Å². The second-order valence-corrected chi connectivity index (χ2v) is 10.4. The molecule has 2 rings (SSSR count). The minimum atomic E-state index is -0.407. The van der Waals surface area contributed by atoms with Crippen LogP contribution < -0.4 is 0 Å². The molecule has 0 aromatic heterocycles. The molecule has 2 saturated carbocycles. The van der Waals surface area contributed by atoms with E-state index in [0.717, 1.165) is 25.7 Å². The third kappa shape index (κ3) is 4.68. The molecule has 0 radical (unpaired) electrons.